The Hall–Kier alpha value is -2.30. The van der Waals surface area contributed by atoms with Crippen LogP contribution in [0.2, 0.25) is 0 Å². The van der Waals surface area contributed by atoms with Crippen molar-refractivity contribution in [3.63, 3.8) is 0 Å². The van der Waals surface area contributed by atoms with Crippen LogP contribution in [0, 0.1) is 0 Å². The average Bonchev–Trinajstić information content (AvgIpc) is 2.64. The molecular formula is C19H25N3O2. The molecule has 2 N–H and O–H groups in total. The van der Waals surface area contributed by atoms with Crippen LogP contribution in [0.4, 0.5) is 4.79 Å². The molecule has 0 bridgehead atoms. The lowest BCUT2D eigenvalue weighted by molar-refractivity contribution is 0.0917. The monoisotopic (exact) mass is 327 g/mol. The van der Waals surface area contributed by atoms with Crippen molar-refractivity contribution in [2.24, 2.45) is 0 Å². The fraction of sp³-hybridized carbons (Fsp3) is 0.474. The summed E-state index contributed by atoms with van der Waals surface area (Å²) in [5.41, 5.74) is 0.683. The highest BCUT2D eigenvalue weighted by Crippen LogP contribution is 2.14. The van der Waals surface area contributed by atoms with Crippen LogP contribution in [0.5, 0.6) is 0 Å². The molecule has 3 rings (SSSR count). The summed E-state index contributed by atoms with van der Waals surface area (Å²) in [4.78, 5) is 26.4. The molecule has 1 aromatic rings. The number of carbonyl (C=O) groups excluding carboxylic acids is 2. The van der Waals surface area contributed by atoms with Gasteiger partial charge in [-0.1, -0.05) is 30.4 Å². The van der Waals surface area contributed by atoms with Crippen LogP contribution in [0.1, 0.15) is 42.5 Å². The quantitative estimate of drug-likeness (QED) is 0.839. The number of nitrogens with zero attached hydrogens (tertiary/aromatic N) is 1. The summed E-state index contributed by atoms with van der Waals surface area (Å²) in [7, 11) is 0. The number of benzene rings is 1. The Kier molecular flexibility index (Phi) is 5.51. The molecule has 5 heteroatoms. The lowest BCUT2D eigenvalue weighted by Gasteiger charge is -2.33. The minimum atomic E-state index is -0.0347. The van der Waals surface area contributed by atoms with Crippen LogP contribution >= 0.6 is 0 Å². The maximum absolute atomic E-state index is 12.3. The van der Waals surface area contributed by atoms with E-state index in [1.807, 2.05) is 35.2 Å². The first-order valence-corrected chi connectivity index (χ1v) is 8.79. The highest BCUT2D eigenvalue weighted by Gasteiger charge is 2.25. The van der Waals surface area contributed by atoms with Crippen molar-refractivity contribution in [3.8, 4) is 0 Å². The largest absolute Gasteiger partial charge is 0.349 e. The van der Waals surface area contributed by atoms with E-state index in [2.05, 4.69) is 22.8 Å². The lowest BCUT2D eigenvalue weighted by Crippen LogP contribution is -2.51. The Morgan fingerprint density at radius 2 is 1.67 bits per heavy atom. The molecule has 0 spiro atoms. The van der Waals surface area contributed by atoms with Gasteiger partial charge in [-0.3, -0.25) is 4.79 Å². The Morgan fingerprint density at radius 1 is 0.917 bits per heavy atom. The third-order valence-corrected chi connectivity index (χ3v) is 4.75. The number of nitrogens with one attached hydrogen (secondary N) is 2. The summed E-state index contributed by atoms with van der Waals surface area (Å²) in [5.74, 6) is -0.0347. The molecule has 1 heterocycles. The first kappa shape index (κ1) is 16.6. The molecule has 5 nitrogen and oxygen atoms in total. The van der Waals surface area contributed by atoms with Crippen molar-refractivity contribution < 1.29 is 9.59 Å². The second-order valence-corrected chi connectivity index (χ2v) is 6.53. The first-order chi connectivity index (χ1) is 11.7. The van der Waals surface area contributed by atoms with E-state index in [0.717, 1.165) is 32.1 Å². The normalized spacial score (nSPS) is 21.3. The molecular weight excluding hydrogens is 302 g/mol. The maximum Gasteiger partial charge on any atom is 0.317 e. The van der Waals surface area contributed by atoms with E-state index in [4.69, 9.17) is 0 Å². The molecule has 2 aliphatic rings. The molecule has 1 aromatic carbocycles. The molecule has 1 fully saturated rings. The van der Waals surface area contributed by atoms with E-state index < -0.39 is 0 Å². The number of piperidine rings is 1. The molecule has 1 aliphatic carbocycles. The molecule has 0 unspecified atom stereocenters. The van der Waals surface area contributed by atoms with Gasteiger partial charge in [0.25, 0.3) is 5.91 Å². The van der Waals surface area contributed by atoms with Gasteiger partial charge in [0.2, 0.25) is 0 Å². The minimum Gasteiger partial charge on any atom is -0.349 e. The number of hydrogen-bond acceptors (Lipinski definition) is 2. The van der Waals surface area contributed by atoms with Crippen molar-refractivity contribution in [1.82, 2.24) is 15.5 Å². The zero-order chi connectivity index (χ0) is 16.8. The molecule has 0 aromatic heterocycles. The summed E-state index contributed by atoms with van der Waals surface area (Å²) >= 11 is 0. The second-order valence-electron chi connectivity index (χ2n) is 6.53. The zero-order valence-electron chi connectivity index (χ0n) is 13.9. The molecule has 1 aliphatic heterocycles. The van der Waals surface area contributed by atoms with Crippen LogP contribution in [-0.4, -0.2) is 42.0 Å². The van der Waals surface area contributed by atoms with E-state index in [1.54, 1.807) is 0 Å². The van der Waals surface area contributed by atoms with Gasteiger partial charge in [-0.15, -0.1) is 0 Å². The van der Waals surface area contributed by atoms with Gasteiger partial charge in [-0.2, -0.15) is 0 Å². The molecule has 3 amide bonds. The van der Waals surface area contributed by atoms with E-state index in [0.29, 0.717) is 18.7 Å². The van der Waals surface area contributed by atoms with Crippen LogP contribution < -0.4 is 10.6 Å². The van der Waals surface area contributed by atoms with Gasteiger partial charge in [0.15, 0.2) is 0 Å². The summed E-state index contributed by atoms with van der Waals surface area (Å²) < 4.78 is 0. The third-order valence-electron chi connectivity index (χ3n) is 4.75. The summed E-state index contributed by atoms with van der Waals surface area (Å²) in [5, 5.41) is 6.19. The Morgan fingerprint density at radius 3 is 2.33 bits per heavy atom. The zero-order valence-corrected chi connectivity index (χ0v) is 13.9. The number of hydrogen-bond donors (Lipinski definition) is 2. The Bertz CT molecular complexity index is 592. The van der Waals surface area contributed by atoms with E-state index in [-0.39, 0.29) is 24.0 Å². The number of amides is 3. The maximum atomic E-state index is 12.3. The topological polar surface area (TPSA) is 61.4 Å². The summed E-state index contributed by atoms with van der Waals surface area (Å²) in [6, 6.07) is 9.69. The fourth-order valence-electron chi connectivity index (χ4n) is 3.28. The van der Waals surface area contributed by atoms with Gasteiger partial charge in [0, 0.05) is 30.7 Å². The predicted molar refractivity (Wildman–Crippen MR) is 93.8 cm³/mol. The lowest BCUT2D eigenvalue weighted by atomic mass is 10.0. The van der Waals surface area contributed by atoms with Gasteiger partial charge in [-0.05, 0) is 44.2 Å². The smallest absolute Gasteiger partial charge is 0.317 e. The van der Waals surface area contributed by atoms with Crippen molar-refractivity contribution in [2.45, 2.75) is 44.2 Å². The van der Waals surface area contributed by atoms with Crippen LogP contribution in [0.25, 0.3) is 0 Å². The standard InChI is InChI=1S/C19H25N3O2/c23-18(15-7-3-1-4-8-15)20-17-11-13-22(14-12-17)19(24)21-16-9-5-2-6-10-16/h1-5,7-8,16-17H,6,9-14H2,(H,20,23)(H,21,24)/t16-/m0/s1. The SMILES string of the molecule is O=C(NC1CCN(C(=O)N[C@H]2CC=CCC2)CC1)c1ccccc1. The molecule has 1 atom stereocenters. The number of likely N-dealkylation sites (tertiary alicyclic amines) is 1. The molecule has 128 valence electrons. The van der Waals surface area contributed by atoms with Gasteiger partial charge in [0.1, 0.15) is 0 Å². The number of rotatable bonds is 3. The molecule has 24 heavy (non-hydrogen) atoms. The van der Waals surface area contributed by atoms with Crippen molar-refractivity contribution in [2.75, 3.05) is 13.1 Å². The fourth-order valence-corrected chi connectivity index (χ4v) is 3.28. The van der Waals surface area contributed by atoms with E-state index >= 15 is 0 Å². The Balaban J connectivity index is 1.43. The second kappa shape index (κ2) is 7.99. The molecule has 0 radical (unpaired) electrons. The third kappa shape index (κ3) is 4.37. The van der Waals surface area contributed by atoms with Gasteiger partial charge < -0.3 is 15.5 Å². The minimum absolute atomic E-state index is 0.0307. The average molecular weight is 327 g/mol. The molecule has 0 saturated carbocycles. The van der Waals surface area contributed by atoms with Crippen molar-refractivity contribution in [1.29, 1.82) is 0 Å². The van der Waals surface area contributed by atoms with Crippen LogP contribution in [0.3, 0.4) is 0 Å². The highest BCUT2D eigenvalue weighted by atomic mass is 16.2. The number of urea groups is 1. The van der Waals surface area contributed by atoms with Gasteiger partial charge in [-0.25, -0.2) is 4.79 Å². The van der Waals surface area contributed by atoms with Gasteiger partial charge >= 0.3 is 6.03 Å². The first-order valence-electron chi connectivity index (χ1n) is 8.79. The van der Waals surface area contributed by atoms with E-state index in [9.17, 15) is 9.59 Å². The van der Waals surface area contributed by atoms with E-state index in [1.165, 1.54) is 0 Å². The van der Waals surface area contributed by atoms with Gasteiger partial charge in [0.05, 0.1) is 0 Å². The highest BCUT2D eigenvalue weighted by molar-refractivity contribution is 5.94. The van der Waals surface area contributed by atoms with Crippen LogP contribution in [0.15, 0.2) is 42.5 Å². The Labute approximate surface area is 143 Å². The summed E-state index contributed by atoms with van der Waals surface area (Å²) in [6.45, 7) is 1.38. The summed E-state index contributed by atoms with van der Waals surface area (Å²) in [6.07, 6.45) is 8.90. The van der Waals surface area contributed by atoms with Crippen LogP contribution in [-0.2, 0) is 0 Å². The molecule has 1 saturated heterocycles. The number of carbonyl (C=O) groups is 2. The number of allylic oxidation sites excluding steroid dienone is 1. The van der Waals surface area contributed by atoms with Crippen molar-refractivity contribution >= 4 is 11.9 Å². The van der Waals surface area contributed by atoms with Crippen molar-refractivity contribution in [3.05, 3.63) is 48.0 Å². The predicted octanol–water partition coefficient (Wildman–Crippen LogP) is 2.70.